The lowest BCUT2D eigenvalue weighted by Crippen LogP contribution is -2.35. The molecule has 0 unspecified atom stereocenters. The van der Waals surface area contributed by atoms with Crippen molar-refractivity contribution >= 4 is 17.8 Å². The van der Waals surface area contributed by atoms with E-state index in [2.05, 4.69) is 26.9 Å². The first kappa shape index (κ1) is 24.7. The molecule has 180 valence electrons. The summed E-state index contributed by atoms with van der Waals surface area (Å²) >= 11 is 5.97. The summed E-state index contributed by atoms with van der Waals surface area (Å²) in [6, 6.07) is 17.5. The summed E-state index contributed by atoms with van der Waals surface area (Å²) in [4.78, 5) is 11.6. The van der Waals surface area contributed by atoms with Crippen molar-refractivity contribution in [2.45, 2.75) is 18.9 Å². The third-order valence-corrected chi connectivity index (χ3v) is 6.18. The SMILES string of the molecule is CO/N=C/c1cc(C#Cc2ccc(-c3ccc(Cl)cc3)cn2)ccc1OCCN1CCC[C@H]1CO. The van der Waals surface area contributed by atoms with Crippen LogP contribution in [0.15, 0.2) is 65.9 Å². The number of pyridine rings is 1. The van der Waals surface area contributed by atoms with Crippen molar-refractivity contribution in [3.63, 3.8) is 0 Å². The van der Waals surface area contributed by atoms with Crippen LogP contribution in [0.1, 0.15) is 29.7 Å². The lowest BCUT2D eigenvalue weighted by atomic mass is 10.1. The second-order valence-corrected chi connectivity index (χ2v) is 8.66. The Morgan fingerprint density at radius 3 is 2.71 bits per heavy atom. The van der Waals surface area contributed by atoms with Crippen molar-refractivity contribution in [1.82, 2.24) is 9.88 Å². The second-order valence-electron chi connectivity index (χ2n) is 8.22. The van der Waals surface area contributed by atoms with Crippen LogP contribution in [0.2, 0.25) is 5.02 Å². The number of aliphatic hydroxyl groups is 1. The van der Waals surface area contributed by atoms with Gasteiger partial charge in [0.1, 0.15) is 25.2 Å². The Bertz CT molecular complexity index is 1200. The summed E-state index contributed by atoms with van der Waals surface area (Å²) in [6.07, 6.45) is 5.58. The van der Waals surface area contributed by atoms with Crippen LogP contribution < -0.4 is 4.74 Å². The van der Waals surface area contributed by atoms with E-state index < -0.39 is 0 Å². The summed E-state index contributed by atoms with van der Waals surface area (Å²) in [7, 11) is 1.50. The number of aromatic nitrogens is 1. The molecule has 0 amide bonds. The molecular weight excluding hydrogens is 462 g/mol. The van der Waals surface area contributed by atoms with Gasteiger partial charge in [-0.2, -0.15) is 0 Å². The van der Waals surface area contributed by atoms with Crippen molar-refractivity contribution in [2.24, 2.45) is 5.16 Å². The largest absolute Gasteiger partial charge is 0.492 e. The number of likely N-dealkylation sites (tertiary alicyclic amines) is 1. The minimum absolute atomic E-state index is 0.192. The average molecular weight is 490 g/mol. The number of halogens is 1. The Hall–Kier alpha value is -3.37. The third-order valence-electron chi connectivity index (χ3n) is 5.93. The third kappa shape index (κ3) is 6.83. The summed E-state index contributed by atoms with van der Waals surface area (Å²) in [5.41, 5.74) is 4.34. The summed E-state index contributed by atoms with van der Waals surface area (Å²) in [6.45, 7) is 2.48. The number of aliphatic hydroxyl groups excluding tert-OH is 1. The first-order chi connectivity index (χ1) is 17.2. The molecule has 6 nitrogen and oxygen atoms in total. The molecule has 7 heteroatoms. The van der Waals surface area contributed by atoms with Crippen LogP contribution in [-0.4, -0.2) is 60.7 Å². The second kappa shape index (κ2) is 12.4. The zero-order valence-electron chi connectivity index (χ0n) is 19.7. The fourth-order valence-corrected chi connectivity index (χ4v) is 4.18. The van der Waals surface area contributed by atoms with E-state index in [9.17, 15) is 5.11 Å². The molecule has 1 N–H and O–H groups in total. The molecule has 0 spiro atoms. The molecule has 1 aromatic heterocycles. The van der Waals surface area contributed by atoms with Crippen LogP contribution in [0, 0.1) is 11.8 Å². The van der Waals surface area contributed by atoms with E-state index in [1.807, 2.05) is 60.8 Å². The molecule has 1 saturated heterocycles. The van der Waals surface area contributed by atoms with Crippen molar-refractivity contribution in [2.75, 3.05) is 33.4 Å². The number of nitrogens with zero attached hydrogens (tertiary/aromatic N) is 3. The molecule has 0 radical (unpaired) electrons. The molecule has 0 aliphatic carbocycles. The normalized spacial score (nSPS) is 15.7. The van der Waals surface area contributed by atoms with Gasteiger partial charge in [0.15, 0.2) is 0 Å². The van der Waals surface area contributed by atoms with Gasteiger partial charge in [0.25, 0.3) is 0 Å². The maximum atomic E-state index is 9.50. The first-order valence-corrected chi connectivity index (χ1v) is 12.0. The summed E-state index contributed by atoms with van der Waals surface area (Å²) in [5.74, 6) is 6.99. The molecule has 0 saturated carbocycles. The number of rotatable bonds is 8. The lowest BCUT2D eigenvalue weighted by molar-refractivity contribution is 0.139. The van der Waals surface area contributed by atoms with E-state index in [0.29, 0.717) is 23.1 Å². The lowest BCUT2D eigenvalue weighted by Gasteiger charge is -2.22. The molecule has 1 atom stereocenters. The molecule has 1 aliphatic rings. The topological polar surface area (TPSA) is 67.2 Å². The fraction of sp³-hybridized carbons (Fsp3) is 0.286. The Morgan fingerprint density at radius 1 is 1.14 bits per heavy atom. The van der Waals surface area contributed by atoms with E-state index in [-0.39, 0.29) is 12.6 Å². The summed E-state index contributed by atoms with van der Waals surface area (Å²) < 4.78 is 6.03. The van der Waals surface area contributed by atoms with Crippen LogP contribution >= 0.6 is 11.6 Å². The van der Waals surface area contributed by atoms with Crippen molar-refractivity contribution < 1.29 is 14.7 Å². The van der Waals surface area contributed by atoms with E-state index in [0.717, 1.165) is 48.2 Å². The Labute approximate surface area is 211 Å². The highest BCUT2D eigenvalue weighted by atomic mass is 35.5. The molecule has 2 heterocycles. The van der Waals surface area contributed by atoms with Gasteiger partial charge in [-0.15, -0.1) is 0 Å². The van der Waals surface area contributed by atoms with Gasteiger partial charge in [-0.05, 0) is 67.3 Å². The fourth-order valence-electron chi connectivity index (χ4n) is 4.05. The number of ether oxygens (including phenoxy) is 1. The number of benzene rings is 2. The number of oxime groups is 1. The zero-order valence-corrected chi connectivity index (χ0v) is 20.4. The first-order valence-electron chi connectivity index (χ1n) is 11.6. The van der Waals surface area contributed by atoms with Gasteiger partial charge in [-0.3, -0.25) is 4.90 Å². The Balaban J connectivity index is 1.43. The molecule has 4 rings (SSSR count). The van der Waals surface area contributed by atoms with Crippen LogP contribution in [-0.2, 0) is 4.84 Å². The Morgan fingerprint density at radius 2 is 1.97 bits per heavy atom. The molecule has 1 fully saturated rings. The summed E-state index contributed by atoms with van der Waals surface area (Å²) in [5, 5.41) is 14.1. The maximum absolute atomic E-state index is 9.50. The monoisotopic (exact) mass is 489 g/mol. The molecule has 2 aromatic carbocycles. The predicted octanol–water partition coefficient (Wildman–Crippen LogP) is 4.62. The van der Waals surface area contributed by atoms with Gasteiger partial charge in [0.2, 0.25) is 0 Å². The zero-order chi connectivity index (χ0) is 24.5. The van der Waals surface area contributed by atoms with Crippen LogP contribution in [0.25, 0.3) is 11.1 Å². The van der Waals surface area contributed by atoms with Gasteiger partial charge in [0.05, 0.1) is 12.8 Å². The van der Waals surface area contributed by atoms with E-state index in [1.165, 1.54) is 7.11 Å². The number of hydrogen-bond acceptors (Lipinski definition) is 6. The molecular formula is C28H28ClN3O3. The quantitative estimate of drug-likeness (QED) is 0.284. The van der Waals surface area contributed by atoms with Crippen LogP contribution in [0.3, 0.4) is 0 Å². The molecule has 3 aromatic rings. The van der Waals surface area contributed by atoms with Gasteiger partial charge in [-0.1, -0.05) is 40.9 Å². The van der Waals surface area contributed by atoms with E-state index >= 15 is 0 Å². The van der Waals surface area contributed by atoms with Crippen molar-refractivity contribution in [3.05, 3.63) is 82.6 Å². The van der Waals surface area contributed by atoms with Gasteiger partial charge >= 0.3 is 0 Å². The average Bonchev–Trinajstić information content (AvgIpc) is 3.35. The van der Waals surface area contributed by atoms with E-state index in [1.54, 1.807) is 6.21 Å². The van der Waals surface area contributed by atoms with Gasteiger partial charge in [-0.25, -0.2) is 4.98 Å². The molecule has 0 bridgehead atoms. The minimum atomic E-state index is 0.192. The maximum Gasteiger partial charge on any atom is 0.128 e. The highest BCUT2D eigenvalue weighted by Gasteiger charge is 2.23. The van der Waals surface area contributed by atoms with Crippen molar-refractivity contribution in [3.8, 4) is 28.7 Å². The predicted molar refractivity (Wildman–Crippen MR) is 139 cm³/mol. The van der Waals surface area contributed by atoms with Crippen LogP contribution in [0.4, 0.5) is 0 Å². The standard InChI is InChI=1S/C28H28ClN3O3/c1-34-31-19-24-17-21(5-13-28(24)35-16-15-32-14-2-3-27(32)20-33)4-11-26-12-8-23(18-30-26)22-6-9-25(29)10-7-22/h5-10,12-13,17-19,27,33H,2-3,14-16,20H2,1H3/b31-19+/t27-/m0/s1. The Kier molecular flexibility index (Phi) is 8.74. The number of hydrogen-bond donors (Lipinski definition) is 1. The highest BCUT2D eigenvalue weighted by molar-refractivity contribution is 6.30. The van der Waals surface area contributed by atoms with E-state index in [4.69, 9.17) is 21.2 Å². The van der Waals surface area contributed by atoms with Crippen molar-refractivity contribution in [1.29, 1.82) is 0 Å². The van der Waals surface area contributed by atoms with Gasteiger partial charge < -0.3 is 14.7 Å². The molecule has 1 aliphatic heterocycles. The van der Waals surface area contributed by atoms with Crippen LogP contribution in [0.5, 0.6) is 5.75 Å². The van der Waals surface area contributed by atoms with Gasteiger partial charge in [0, 0.05) is 40.5 Å². The smallest absolute Gasteiger partial charge is 0.128 e. The minimum Gasteiger partial charge on any atom is -0.492 e. The highest BCUT2D eigenvalue weighted by Crippen LogP contribution is 2.22. The molecule has 35 heavy (non-hydrogen) atoms.